The first-order valence-corrected chi connectivity index (χ1v) is 7.00. The van der Waals surface area contributed by atoms with Gasteiger partial charge in [0.05, 0.1) is 19.9 Å². The molecule has 0 aliphatic carbocycles. The molecule has 120 valence electrons. The molecule has 0 aliphatic heterocycles. The van der Waals surface area contributed by atoms with E-state index in [0.29, 0.717) is 22.7 Å². The quantitative estimate of drug-likeness (QED) is 0.647. The molecule has 2 rings (SSSR count). The molecule has 0 aliphatic rings. The number of aryl methyl sites for hydroxylation is 1. The summed E-state index contributed by atoms with van der Waals surface area (Å²) in [4.78, 5) is 12.1. The van der Waals surface area contributed by atoms with Gasteiger partial charge in [-0.05, 0) is 42.8 Å². The monoisotopic (exact) mass is 315 g/mol. The van der Waals surface area contributed by atoms with Crippen LogP contribution in [0.3, 0.4) is 0 Å². The Kier molecular flexibility index (Phi) is 5.36. The SMILES string of the molecule is COc1ccc(C(=O)/C=C/Nc2cc(C)ccc2F)cc1OC. The van der Waals surface area contributed by atoms with E-state index in [1.165, 1.54) is 32.6 Å². The number of ketones is 1. The van der Waals surface area contributed by atoms with Gasteiger partial charge in [0.25, 0.3) is 0 Å². The molecule has 4 nitrogen and oxygen atoms in total. The highest BCUT2D eigenvalue weighted by Gasteiger charge is 2.08. The Morgan fingerprint density at radius 3 is 2.52 bits per heavy atom. The number of carbonyl (C=O) groups excluding carboxylic acids is 1. The van der Waals surface area contributed by atoms with Crippen molar-refractivity contribution in [3.05, 3.63) is 65.6 Å². The van der Waals surface area contributed by atoms with Gasteiger partial charge in [0.2, 0.25) is 0 Å². The molecule has 0 spiro atoms. The molecule has 0 saturated heterocycles. The maximum atomic E-state index is 13.6. The van der Waals surface area contributed by atoms with E-state index in [1.807, 2.05) is 6.92 Å². The van der Waals surface area contributed by atoms with Crippen LogP contribution in [0.25, 0.3) is 0 Å². The summed E-state index contributed by atoms with van der Waals surface area (Å²) >= 11 is 0. The molecular weight excluding hydrogens is 297 g/mol. The summed E-state index contributed by atoms with van der Waals surface area (Å²) in [5.74, 6) is 0.419. The predicted octanol–water partition coefficient (Wildman–Crippen LogP) is 3.96. The second kappa shape index (κ2) is 7.45. The minimum atomic E-state index is -0.376. The van der Waals surface area contributed by atoms with E-state index in [0.717, 1.165) is 5.56 Å². The van der Waals surface area contributed by atoms with Gasteiger partial charge in [-0.1, -0.05) is 6.07 Å². The van der Waals surface area contributed by atoms with E-state index >= 15 is 0 Å². The Bertz CT molecular complexity index is 741. The molecule has 0 unspecified atom stereocenters. The van der Waals surface area contributed by atoms with Crippen LogP contribution in [0, 0.1) is 12.7 Å². The predicted molar refractivity (Wildman–Crippen MR) is 87.8 cm³/mol. The highest BCUT2D eigenvalue weighted by atomic mass is 19.1. The second-order valence-electron chi connectivity index (χ2n) is 4.89. The number of anilines is 1. The standard InChI is InChI=1S/C18H18FNO3/c1-12-4-6-14(19)15(10-12)20-9-8-16(21)13-5-7-17(22-2)18(11-13)23-3/h4-11,20H,1-3H3/b9-8+. The number of allylic oxidation sites excluding steroid dienone is 1. The highest BCUT2D eigenvalue weighted by molar-refractivity contribution is 6.05. The molecule has 0 aromatic heterocycles. The zero-order chi connectivity index (χ0) is 16.8. The van der Waals surface area contributed by atoms with E-state index < -0.39 is 0 Å². The van der Waals surface area contributed by atoms with Gasteiger partial charge >= 0.3 is 0 Å². The Morgan fingerprint density at radius 1 is 1.09 bits per heavy atom. The zero-order valence-electron chi connectivity index (χ0n) is 13.2. The van der Waals surface area contributed by atoms with Crippen LogP contribution in [0.4, 0.5) is 10.1 Å². The lowest BCUT2D eigenvalue weighted by atomic mass is 10.1. The Morgan fingerprint density at radius 2 is 1.83 bits per heavy atom. The van der Waals surface area contributed by atoms with Gasteiger partial charge in [0.15, 0.2) is 17.3 Å². The van der Waals surface area contributed by atoms with Gasteiger partial charge in [-0.25, -0.2) is 4.39 Å². The number of hydrogen-bond acceptors (Lipinski definition) is 4. The van der Waals surface area contributed by atoms with Crippen LogP contribution in [-0.4, -0.2) is 20.0 Å². The largest absolute Gasteiger partial charge is 0.493 e. The van der Waals surface area contributed by atoms with Crippen LogP contribution < -0.4 is 14.8 Å². The fourth-order valence-corrected chi connectivity index (χ4v) is 2.04. The highest BCUT2D eigenvalue weighted by Crippen LogP contribution is 2.27. The van der Waals surface area contributed by atoms with Gasteiger partial charge in [0, 0.05) is 17.8 Å². The van der Waals surface area contributed by atoms with E-state index in [4.69, 9.17) is 9.47 Å². The van der Waals surface area contributed by atoms with Crippen LogP contribution in [0.2, 0.25) is 0 Å². The van der Waals surface area contributed by atoms with E-state index in [2.05, 4.69) is 5.32 Å². The van der Waals surface area contributed by atoms with Crippen molar-refractivity contribution in [1.29, 1.82) is 0 Å². The van der Waals surface area contributed by atoms with Gasteiger partial charge < -0.3 is 14.8 Å². The fourth-order valence-electron chi connectivity index (χ4n) is 2.04. The summed E-state index contributed by atoms with van der Waals surface area (Å²) in [5.41, 5.74) is 1.69. The van der Waals surface area contributed by atoms with Crippen molar-refractivity contribution in [1.82, 2.24) is 0 Å². The summed E-state index contributed by atoms with van der Waals surface area (Å²) < 4.78 is 23.9. The van der Waals surface area contributed by atoms with Crippen molar-refractivity contribution >= 4 is 11.5 Å². The summed E-state index contributed by atoms with van der Waals surface area (Å²) in [5, 5.41) is 2.77. The van der Waals surface area contributed by atoms with Crippen molar-refractivity contribution in [3.8, 4) is 11.5 Å². The molecule has 0 atom stereocenters. The number of hydrogen-bond donors (Lipinski definition) is 1. The molecule has 0 heterocycles. The summed E-state index contributed by atoms with van der Waals surface area (Å²) in [6, 6.07) is 9.62. The number of methoxy groups -OCH3 is 2. The minimum Gasteiger partial charge on any atom is -0.493 e. The molecule has 2 aromatic carbocycles. The number of nitrogens with one attached hydrogen (secondary N) is 1. The van der Waals surface area contributed by atoms with Crippen LogP contribution in [0.1, 0.15) is 15.9 Å². The lowest BCUT2D eigenvalue weighted by molar-refractivity contribution is 0.104. The van der Waals surface area contributed by atoms with E-state index in [-0.39, 0.29) is 11.6 Å². The van der Waals surface area contributed by atoms with Crippen molar-refractivity contribution < 1.29 is 18.7 Å². The topological polar surface area (TPSA) is 47.6 Å². The third kappa shape index (κ3) is 4.10. The molecule has 1 N–H and O–H groups in total. The third-order valence-electron chi connectivity index (χ3n) is 3.26. The van der Waals surface area contributed by atoms with Crippen LogP contribution >= 0.6 is 0 Å². The van der Waals surface area contributed by atoms with Crippen LogP contribution in [0.5, 0.6) is 11.5 Å². The molecule has 0 saturated carbocycles. The number of carbonyl (C=O) groups is 1. The molecule has 0 fully saturated rings. The third-order valence-corrected chi connectivity index (χ3v) is 3.26. The maximum Gasteiger partial charge on any atom is 0.187 e. The van der Waals surface area contributed by atoms with Crippen molar-refractivity contribution in [3.63, 3.8) is 0 Å². The van der Waals surface area contributed by atoms with Gasteiger partial charge in [-0.2, -0.15) is 0 Å². The van der Waals surface area contributed by atoms with Crippen molar-refractivity contribution in [2.75, 3.05) is 19.5 Å². The van der Waals surface area contributed by atoms with Gasteiger partial charge in [0.1, 0.15) is 5.82 Å². The van der Waals surface area contributed by atoms with Gasteiger partial charge in [-0.15, -0.1) is 0 Å². The fraction of sp³-hybridized carbons (Fsp3) is 0.167. The van der Waals surface area contributed by atoms with Gasteiger partial charge in [-0.3, -0.25) is 4.79 Å². The zero-order valence-corrected chi connectivity index (χ0v) is 13.2. The Hall–Kier alpha value is -2.82. The molecule has 23 heavy (non-hydrogen) atoms. The molecule has 5 heteroatoms. The van der Waals surface area contributed by atoms with E-state index in [1.54, 1.807) is 30.3 Å². The molecule has 0 bridgehead atoms. The first kappa shape index (κ1) is 16.5. The lowest BCUT2D eigenvalue weighted by Crippen LogP contribution is -1.99. The number of ether oxygens (including phenoxy) is 2. The maximum absolute atomic E-state index is 13.6. The molecule has 0 radical (unpaired) electrons. The number of halogens is 1. The number of benzene rings is 2. The first-order valence-electron chi connectivity index (χ1n) is 7.00. The van der Waals surface area contributed by atoms with Crippen molar-refractivity contribution in [2.24, 2.45) is 0 Å². The molecule has 0 amide bonds. The average molecular weight is 315 g/mol. The first-order chi connectivity index (χ1) is 11.0. The summed E-state index contributed by atoms with van der Waals surface area (Å²) in [6.45, 7) is 1.86. The molecule has 2 aromatic rings. The van der Waals surface area contributed by atoms with Crippen molar-refractivity contribution in [2.45, 2.75) is 6.92 Å². The minimum absolute atomic E-state index is 0.230. The summed E-state index contributed by atoms with van der Waals surface area (Å²) in [6.07, 6.45) is 2.75. The van der Waals surface area contributed by atoms with Crippen LogP contribution in [0.15, 0.2) is 48.7 Å². The average Bonchev–Trinajstić information content (AvgIpc) is 2.57. The Balaban J connectivity index is 2.11. The molecular formula is C18H18FNO3. The summed E-state index contributed by atoms with van der Waals surface area (Å²) in [7, 11) is 3.03. The second-order valence-corrected chi connectivity index (χ2v) is 4.89. The van der Waals surface area contributed by atoms with Crippen LogP contribution in [-0.2, 0) is 0 Å². The normalized spacial score (nSPS) is 10.6. The number of rotatable bonds is 6. The van der Waals surface area contributed by atoms with E-state index in [9.17, 15) is 9.18 Å². The Labute approximate surface area is 134 Å². The lowest BCUT2D eigenvalue weighted by Gasteiger charge is -2.08. The smallest absolute Gasteiger partial charge is 0.187 e.